The molecule has 56 heavy (non-hydrogen) atoms. The molecule has 4 heterocycles. The lowest BCUT2D eigenvalue weighted by atomic mass is 9.76. The van der Waals surface area contributed by atoms with E-state index in [4.69, 9.17) is 38.9 Å². The molecule has 0 unspecified atom stereocenters. The smallest absolute Gasteiger partial charge is 0.324 e. The molecule has 2 aromatic rings. The van der Waals surface area contributed by atoms with Crippen LogP contribution in [0.25, 0.3) is 0 Å². The highest BCUT2D eigenvalue weighted by Crippen LogP contribution is 2.41. The van der Waals surface area contributed by atoms with Crippen molar-refractivity contribution in [3.05, 3.63) is 50.6 Å². The highest BCUT2D eigenvalue weighted by Gasteiger charge is 2.46. The summed E-state index contributed by atoms with van der Waals surface area (Å²) in [5.74, 6) is 1.12. The zero-order valence-corrected chi connectivity index (χ0v) is 35.1. The number of rotatable bonds is 18. The number of anilines is 2. The Kier molecular flexibility index (Phi) is 13.7. The second kappa shape index (κ2) is 17.9. The third-order valence-corrected chi connectivity index (χ3v) is 10.5. The van der Waals surface area contributed by atoms with Crippen LogP contribution in [0.3, 0.4) is 0 Å². The van der Waals surface area contributed by atoms with Crippen LogP contribution in [-0.4, -0.2) is 103 Å². The average Bonchev–Trinajstić information content (AvgIpc) is 3.09. The highest BCUT2D eigenvalue weighted by atomic mass is 16.5. The van der Waals surface area contributed by atoms with Crippen molar-refractivity contribution in [3.63, 3.8) is 0 Å². The Bertz CT molecular complexity index is 1460. The van der Waals surface area contributed by atoms with Crippen molar-refractivity contribution in [3.8, 4) is 24.0 Å². The molecule has 0 radical (unpaired) electrons. The van der Waals surface area contributed by atoms with E-state index in [0.717, 1.165) is 51.4 Å². The molecule has 0 spiro atoms. The number of nitrogens with one attached hydrogen (secondary N) is 2. The Morgan fingerprint density at radius 1 is 0.464 bits per heavy atom. The van der Waals surface area contributed by atoms with Crippen LogP contribution in [0.15, 0.2) is 50.6 Å². The van der Waals surface area contributed by atoms with Crippen molar-refractivity contribution < 1.29 is 18.9 Å². The fraction of sp³-hybridized carbons (Fsp3) is 0.667. The molecule has 14 nitrogen and oxygen atoms in total. The van der Waals surface area contributed by atoms with Crippen LogP contribution < -0.4 is 39.4 Å². The van der Waals surface area contributed by atoms with Crippen molar-refractivity contribution >= 4 is 11.9 Å². The van der Waals surface area contributed by atoms with Crippen LogP contribution in [0.1, 0.15) is 107 Å². The van der Waals surface area contributed by atoms with Gasteiger partial charge in [0.05, 0.1) is 0 Å². The van der Waals surface area contributed by atoms with Gasteiger partial charge in [0.1, 0.15) is 26.4 Å². The van der Waals surface area contributed by atoms with Gasteiger partial charge in [0.15, 0.2) is 0 Å². The molecule has 0 aromatic carbocycles. The van der Waals surface area contributed by atoms with Gasteiger partial charge in [-0.3, -0.25) is 0 Å². The summed E-state index contributed by atoms with van der Waals surface area (Å²) < 4.78 is 23.6. The maximum atomic E-state index is 5.90. The van der Waals surface area contributed by atoms with Gasteiger partial charge >= 0.3 is 24.0 Å². The first-order valence-corrected chi connectivity index (χ1v) is 20.1. The van der Waals surface area contributed by atoms with E-state index in [1.807, 2.05) is 0 Å². The maximum Gasteiger partial charge on any atom is 0.324 e. The molecule has 0 amide bonds. The van der Waals surface area contributed by atoms with E-state index < -0.39 is 0 Å². The van der Waals surface area contributed by atoms with Crippen LogP contribution >= 0.6 is 0 Å². The van der Waals surface area contributed by atoms with Crippen molar-refractivity contribution in [1.82, 2.24) is 40.5 Å². The molecule has 2 aliphatic heterocycles. The molecule has 5 rings (SSSR count). The molecule has 308 valence electrons. The largest absolute Gasteiger partial charge is 0.459 e. The van der Waals surface area contributed by atoms with Crippen molar-refractivity contribution in [2.24, 2.45) is 0 Å². The minimum Gasteiger partial charge on any atom is -0.459 e. The summed E-state index contributed by atoms with van der Waals surface area (Å²) in [7, 11) is 0. The third kappa shape index (κ3) is 11.4. The molecular weight excluding hydrogens is 709 g/mol. The number of hydrogen-bond acceptors (Lipinski definition) is 14. The zero-order chi connectivity index (χ0) is 40.7. The van der Waals surface area contributed by atoms with E-state index in [2.05, 4.69) is 112 Å². The van der Waals surface area contributed by atoms with Crippen molar-refractivity contribution in [1.29, 1.82) is 0 Å². The summed E-state index contributed by atoms with van der Waals surface area (Å²) in [4.78, 5) is 33.5. The van der Waals surface area contributed by atoms with Gasteiger partial charge < -0.3 is 39.4 Å². The second-order valence-electron chi connectivity index (χ2n) is 18.0. The maximum absolute atomic E-state index is 5.90. The van der Waals surface area contributed by atoms with Gasteiger partial charge in [0, 0.05) is 46.3 Å². The Morgan fingerprint density at radius 2 is 0.714 bits per heavy atom. The Morgan fingerprint density at radius 3 is 0.946 bits per heavy atom. The van der Waals surface area contributed by atoms with E-state index in [-0.39, 0.29) is 96.8 Å². The van der Waals surface area contributed by atoms with Gasteiger partial charge in [-0.15, -0.1) is 9.97 Å². The van der Waals surface area contributed by atoms with Crippen LogP contribution in [0.5, 0.6) is 24.0 Å². The van der Waals surface area contributed by atoms with Crippen LogP contribution in [0.4, 0.5) is 11.9 Å². The number of aromatic nitrogens is 6. The zero-order valence-electron chi connectivity index (χ0n) is 35.1. The number of ether oxygens (including phenoxy) is 4. The quantitative estimate of drug-likeness (QED) is 0.158. The Hall–Kier alpha value is -4.30. The van der Waals surface area contributed by atoms with E-state index >= 15 is 0 Å². The first kappa shape index (κ1) is 42.8. The number of hydrogen-bond donors (Lipinski definition) is 2. The summed E-state index contributed by atoms with van der Waals surface area (Å²) in [6.45, 7) is 34.5. The fourth-order valence-electron chi connectivity index (χ4n) is 9.47. The average molecular weight is 775 g/mol. The summed E-state index contributed by atoms with van der Waals surface area (Å²) in [6.07, 6.45) is 13.9. The predicted molar refractivity (Wildman–Crippen MR) is 222 cm³/mol. The van der Waals surface area contributed by atoms with Crippen LogP contribution in [-0.2, 0) is 0 Å². The predicted octanol–water partition coefficient (Wildman–Crippen LogP) is 6.56. The summed E-state index contributed by atoms with van der Waals surface area (Å²) in [5.41, 5.74) is -0.444. The monoisotopic (exact) mass is 775 g/mol. The van der Waals surface area contributed by atoms with Gasteiger partial charge in [0.2, 0.25) is 11.9 Å². The third-order valence-electron chi connectivity index (χ3n) is 10.5. The Labute approximate surface area is 334 Å². The summed E-state index contributed by atoms with van der Waals surface area (Å²) >= 11 is 0. The normalized spacial score (nSPS) is 22.9. The molecular formula is C42H66N10O4. The highest BCUT2D eigenvalue weighted by molar-refractivity contribution is 5.40. The molecule has 1 aliphatic carbocycles. The molecule has 0 atom stereocenters. The van der Waals surface area contributed by atoms with Gasteiger partial charge in [-0.25, -0.2) is 0 Å². The minimum absolute atomic E-state index is 0.111. The molecule has 2 saturated heterocycles. The first-order valence-electron chi connectivity index (χ1n) is 20.1. The van der Waals surface area contributed by atoms with E-state index in [1.54, 1.807) is 24.3 Å². The lowest BCUT2D eigenvalue weighted by molar-refractivity contribution is 0.142. The molecule has 2 aromatic heterocycles. The lowest BCUT2D eigenvalue weighted by Crippen LogP contribution is -2.65. The summed E-state index contributed by atoms with van der Waals surface area (Å²) in [5, 5.41) is 7.72. The lowest BCUT2D eigenvalue weighted by Gasteiger charge is -2.54. The topological polar surface area (TPSA) is 145 Å². The molecule has 1 saturated carbocycles. The van der Waals surface area contributed by atoms with E-state index in [9.17, 15) is 0 Å². The minimum atomic E-state index is -0.111. The molecule has 3 aliphatic rings. The standard InChI is InChI=1S/C42H66N10O4/c1-13-21-53-35-43-33(44-36(47-35)54-22-14-2)51(31-25-39(5,6)49-40(7,8)26-31)29-17-19-30(20-18-29)52(32-27-41(9,10)50-42(11,12)28-32)34-45-37(55-23-15-3)48-38(46-34)56-24-16-4/h13-16,29-32,49-50H,1-4,17-28H2,5-12H3. The SMILES string of the molecule is C=CCOc1nc(OCC=C)nc(N(C2CCC(N(c3nc(OCC=C)nc(OCC=C)n3)C3CC(C)(C)NC(C)(C)C3)CC2)C2CC(C)(C)NC(C)(C)C2)n1. The van der Waals surface area contributed by atoms with Crippen LogP contribution in [0.2, 0.25) is 0 Å². The molecule has 3 fully saturated rings. The van der Waals surface area contributed by atoms with Gasteiger partial charge in [0.25, 0.3) is 0 Å². The van der Waals surface area contributed by atoms with Gasteiger partial charge in [-0.2, -0.15) is 19.9 Å². The van der Waals surface area contributed by atoms with Gasteiger partial charge in [-0.05, 0) is 107 Å². The Balaban J connectivity index is 1.54. The summed E-state index contributed by atoms with van der Waals surface area (Å²) in [6, 6.07) is 1.41. The van der Waals surface area contributed by atoms with E-state index in [0.29, 0.717) is 11.9 Å². The van der Waals surface area contributed by atoms with Crippen LogP contribution in [0, 0.1) is 0 Å². The molecule has 0 bridgehead atoms. The van der Waals surface area contributed by atoms with E-state index in [1.165, 1.54) is 0 Å². The van der Waals surface area contributed by atoms with Crippen molar-refractivity contribution in [2.75, 3.05) is 36.2 Å². The second-order valence-corrected chi connectivity index (χ2v) is 18.0. The molecule has 2 N–H and O–H groups in total. The van der Waals surface area contributed by atoms with Crippen molar-refractivity contribution in [2.45, 2.75) is 153 Å². The first-order chi connectivity index (χ1) is 26.5. The van der Waals surface area contributed by atoms with Gasteiger partial charge in [-0.1, -0.05) is 50.6 Å². The number of piperidine rings is 2. The molecule has 14 heteroatoms. The fourth-order valence-corrected chi connectivity index (χ4v) is 9.47. The number of nitrogens with zero attached hydrogens (tertiary/aromatic N) is 8.